The Kier molecular flexibility index (Phi) is 11.9. The molecule has 11 nitrogen and oxygen atoms in total. The number of carbonyl (C=O) groups excluding carboxylic acids is 3. The van der Waals surface area contributed by atoms with Gasteiger partial charge >= 0.3 is 0 Å². The SMILES string of the molecule is Cl.NC[C@H]1CC[C@H](C(=O)N[C@@H](Cc2ccc(-c3ccccc3C(=O)N3CCCCC3)cc2)C(=O)Nc2ccc(-c3nn[nH]n3)cc2)CC1. The maximum Gasteiger partial charge on any atom is 0.254 e. The molecular weight excluding hydrogens is 628 g/mol. The van der Waals surface area contributed by atoms with Crippen LogP contribution in [0.4, 0.5) is 5.69 Å². The van der Waals surface area contributed by atoms with E-state index in [4.69, 9.17) is 5.73 Å². The lowest BCUT2D eigenvalue weighted by Gasteiger charge is -2.28. The molecule has 0 radical (unpaired) electrons. The van der Waals surface area contributed by atoms with E-state index in [-0.39, 0.29) is 36.0 Å². The lowest BCUT2D eigenvalue weighted by molar-refractivity contribution is -0.130. The molecule has 0 unspecified atom stereocenters. The topological polar surface area (TPSA) is 159 Å². The molecule has 6 rings (SSSR count). The summed E-state index contributed by atoms with van der Waals surface area (Å²) in [7, 11) is 0. The van der Waals surface area contributed by atoms with Gasteiger partial charge in [0.05, 0.1) is 0 Å². The lowest BCUT2D eigenvalue weighted by Crippen LogP contribution is -2.48. The predicted octanol–water partition coefficient (Wildman–Crippen LogP) is 5.01. The molecule has 1 saturated carbocycles. The third-order valence-electron chi connectivity index (χ3n) is 9.45. The van der Waals surface area contributed by atoms with Crippen molar-refractivity contribution in [3.05, 3.63) is 83.9 Å². The number of nitrogens with two attached hydrogens (primary N) is 1. The highest BCUT2D eigenvalue weighted by Gasteiger charge is 2.29. The third kappa shape index (κ3) is 8.45. The minimum atomic E-state index is -0.787. The van der Waals surface area contributed by atoms with Crippen LogP contribution in [-0.2, 0) is 16.0 Å². The number of carbonyl (C=O) groups is 3. The Labute approximate surface area is 286 Å². The first-order valence-corrected chi connectivity index (χ1v) is 16.6. The molecule has 3 aromatic carbocycles. The number of anilines is 1. The van der Waals surface area contributed by atoms with Crippen molar-refractivity contribution in [3.63, 3.8) is 0 Å². The molecule has 2 heterocycles. The normalized spacial score (nSPS) is 18.3. The summed E-state index contributed by atoms with van der Waals surface area (Å²) in [5, 5.41) is 20.0. The van der Waals surface area contributed by atoms with Crippen molar-refractivity contribution in [1.82, 2.24) is 30.8 Å². The molecule has 1 aliphatic heterocycles. The molecule has 0 spiro atoms. The molecule has 0 bridgehead atoms. The van der Waals surface area contributed by atoms with E-state index in [0.717, 1.165) is 80.3 Å². The number of nitrogens with zero attached hydrogens (tertiary/aromatic N) is 4. The van der Waals surface area contributed by atoms with Gasteiger partial charge in [-0.05, 0) is 110 Å². The number of halogens is 1. The number of hydrogen-bond donors (Lipinski definition) is 4. The van der Waals surface area contributed by atoms with Crippen LogP contribution >= 0.6 is 12.4 Å². The molecule has 252 valence electrons. The molecule has 1 aromatic heterocycles. The average molecular weight is 671 g/mol. The molecule has 3 amide bonds. The number of likely N-dealkylation sites (tertiary alicyclic amines) is 1. The van der Waals surface area contributed by atoms with E-state index >= 15 is 0 Å². The first-order valence-electron chi connectivity index (χ1n) is 16.6. The monoisotopic (exact) mass is 670 g/mol. The number of H-pyrrole nitrogens is 1. The minimum absolute atomic E-state index is 0. The number of aromatic nitrogens is 4. The minimum Gasteiger partial charge on any atom is -0.344 e. The van der Waals surface area contributed by atoms with Crippen molar-refractivity contribution >= 4 is 35.8 Å². The highest BCUT2D eigenvalue weighted by Crippen LogP contribution is 2.29. The van der Waals surface area contributed by atoms with Crippen LogP contribution in [0.25, 0.3) is 22.5 Å². The van der Waals surface area contributed by atoms with E-state index in [1.807, 2.05) is 53.4 Å². The third-order valence-corrected chi connectivity index (χ3v) is 9.45. The Bertz CT molecular complexity index is 1650. The van der Waals surface area contributed by atoms with Crippen LogP contribution in [0.5, 0.6) is 0 Å². The van der Waals surface area contributed by atoms with Gasteiger partial charge in [0.2, 0.25) is 17.6 Å². The van der Waals surface area contributed by atoms with Crippen molar-refractivity contribution in [2.75, 3.05) is 25.0 Å². The fourth-order valence-corrected chi connectivity index (χ4v) is 6.62. The number of hydrogen-bond acceptors (Lipinski definition) is 7. The molecule has 2 fully saturated rings. The molecule has 4 aromatic rings. The van der Waals surface area contributed by atoms with E-state index in [9.17, 15) is 14.4 Å². The van der Waals surface area contributed by atoms with Crippen molar-refractivity contribution < 1.29 is 14.4 Å². The van der Waals surface area contributed by atoms with E-state index in [1.165, 1.54) is 0 Å². The van der Waals surface area contributed by atoms with Gasteiger partial charge in [-0.15, -0.1) is 22.6 Å². The molecule has 5 N–H and O–H groups in total. The van der Waals surface area contributed by atoms with Crippen LogP contribution < -0.4 is 16.4 Å². The van der Waals surface area contributed by atoms with Gasteiger partial charge in [0.1, 0.15) is 6.04 Å². The Morgan fingerprint density at radius 3 is 2.23 bits per heavy atom. The first-order chi connectivity index (χ1) is 23.0. The Morgan fingerprint density at radius 1 is 0.875 bits per heavy atom. The van der Waals surface area contributed by atoms with E-state index in [0.29, 0.717) is 36.0 Å². The largest absolute Gasteiger partial charge is 0.344 e. The zero-order valence-electron chi connectivity index (χ0n) is 26.9. The van der Waals surface area contributed by atoms with Crippen LogP contribution in [0.15, 0.2) is 72.8 Å². The average Bonchev–Trinajstić information content (AvgIpc) is 3.67. The van der Waals surface area contributed by atoms with Gasteiger partial charge in [-0.25, -0.2) is 0 Å². The van der Waals surface area contributed by atoms with E-state index in [1.54, 1.807) is 24.3 Å². The molecule has 2 aliphatic rings. The molecule has 12 heteroatoms. The zero-order chi connectivity index (χ0) is 32.6. The summed E-state index contributed by atoms with van der Waals surface area (Å²) < 4.78 is 0. The molecule has 48 heavy (non-hydrogen) atoms. The van der Waals surface area contributed by atoms with Crippen LogP contribution in [0, 0.1) is 11.8 Å². The van der Waals surface area contributed by atoms with Crippen molar-refractivity contribution in [2.45, 2.75) is 57.4 Å². The Hall–Kier alpha value is -4.61. The summed E-state index contributed by atoms with van der Waals surface area (Å²) in [5.41, 5.74) is 10.6. The smallest absolute Gasteiger partial charge is 0.254 e. The maximum atomic E-state index is 13.7. The number of piperidine rings is 1. The van der Waals surface area contributed by atoms with Gasteiger partial charge in [-0.1, -0.05) is 42.5 Å². The first kappa shape index (κ1) is 34.7. The zero-order valence-corrected chi connectivity index (χ0v) is 27.8. The fourth-order valence-electron chi connectivity index (χ4n) is 6.62. The van der Waals surface area contributed by atoms with Gasteiger partial charge < -0.3 is 21.3 Å². The molecule has 1 atom stereocenters. The number of nitrogens with one attached hydrogen (secondary N) is 3. The van der Waals surface area contributed by atoms with Crippen molar-refractivity contribution in [2.24, 2.45) is 17.6 Å². The van der Waals surface area contributed by atoms with Crippen LogP contribution in [0.1, 0.15) is 60.9 Å². The van der Waals surface area contributed by atoms with Crippen LogP contribution in [0.2, 0.25) is 0 Å². The lowest BCUT2D eigenvalue weighted by atomic mass is 9.81. The number of rotatable bonds is 10. The fraction of sp³-hybridized carbons (Fsp3) is 0.389. The highest BCUT2D eigenvalue weighted by atomic mass is 35.5. The molecular formula is C36H43ClN8O3. The summed E-state index contributed by atoms with van der Waals surface area (Å²) in [6.07, 6.45) is 6.92. The van der Waals surface area contributed by atoms with Crippen molar-refractivity contribution in [1.29, 1.82) is 0 Å². The summed E-state index contributed by atoms with van der Waals surface area (Å²) in [4.78, 5) is 42.4. The summed E-state index contributed by atoms with van der Waals surface area (Å²) in [6.45, 7) is 2.22. The summed E-state index contributed by atoms with van der Waals surface area (Å²) in [6, 6.07) is 22.0. The van der Waals surface area contributed by atoms with Gasteiger partial charge in [-0.2, -0.15) is 5.21 Å². The van der Waals surface area contributed by atoms with Gasteiger partial charge in [0.15, 0.2) is 0 Å². The van der Waals surface area contributed by atoms with E-state index in [2.05, 4.69) is 31.3 Å². The number of benzene rings is 3. The maximum absolute atomic E-state index is 13.7. The second kappa shape index (κ2) is 16.5. The van der Waals surface area contributed by atoms with Crippen molar-refractivity contribution in [3.8, 4) is 22.5 Å². The summed E-state index contributed by atoms with van der Waals surface area (Å²) in [5.74, 6) is 0.428. The summed E-state index contributed by atoms with van der Waals surface area (Å²) >= 11 is 0. The molecule has 1 aliphatic carbocycles. The van der Waals surface area contributed by atoms with Gasteiger partial charge in [0.25, 0.3) is 5.91 Å². The number of tetrazole rings is 1. The Morgan fingerprint density at radius 2 is 1.56 bits per heavy atom. The second-order valence-electron chi connectivity index (χ2n) is 12.6. The number of aromatic amines is 1. The quantitative estimate of drug-likeness (QED) is 0.185. The van der Waals surface area contributed by atoms with Crippen LogP contribution in [0.3, 0.4) is 0 Å². The predicted molar refractivity (Wildman–Crippen MR) is 187 cm³/mol. The van der Waals surface area contributed by atoms with Gasteiger partial charge in [0, 0.05) is 42.2 Å². The molecule has 1 saturated heterocycles. The highest BCUT2D eigenvalue weighted by molar-refractivity contribution is 6.01. The Balaban J connectivity index is 0.00000451. The van der Waals surface area contributed by atoms with Gasteiger partial charge in [-0.3, -0.25) is 14.4 Å². The second-order valence-corrected chi connectivity index (χ2v) is 12.6. The van der Waals surface area contributed by atoms with E-state index < -0.39 is 6.04 Å². The standard InChI is InChI=1S/C36H42N8O3.ClH/c37-23-25-10-14-28(15-11-25)34(45)39-32(35(46)38-29-18-16-27(17-19-29)33-40-42-43-41-33)22-24-8-12-26(13-9-24)30-6-2-3-7-31(30)36(47)44-20-4-1-5-21-44;/h2-3,6-9,12-13,16-19,25,28,32H,1,4-5,10-11,14-15,20-23,37H2,(H,38,46)(H,39,45)(H,40,41,42,43);1H/t25-,28-,32-;/m0./s1. The number of amides is 3. The van der Waals surface area contributed by atoms with Crippen LogP contribution in [-0.4, -0.2) is 68.9 Å².